The van der Waals surface area contributed by atoms with Crippen molar-refractivity contribution in [2.45, 2.75) is 18.6 Å². The van der Waals surface area contributed by atoms with Gasteiger partial charge in [0.05, 0.1) is 0 Å². The lowest BCUT2D eigenvalue weighted by molar-refractivity contribution is -0.141. The van der Waals surface area contributed by atoms with Crippen molar-refractivity contribution in [1.82, 2.24) is 0 Å². The molecule has 1 aromatic rings. The highest BCUT2D eigenvalue weighted by Crippen LogP contribution is 2.12. The lowest BCUT2D eigenvalue weighted by Crippen LogP contribution is -2.22. The molecular formula is C13H16O3S. The lowest BCUT2D eigenvalue weighted by Gasteiger charge is -2.10. The first kappa shape index (κ1) is 13.8. The molecule has 0 radical (unpaired) electrons. The molecule has 17 heavy (non-hydrogen) atoms. The van der Waals surface area contributed by atoms with Crippen LogP contribution in [-0.4, -0.2) is 29.9 Å². The van der Waals surface area contributed by atoms with E-state index in [1.54, 1.807) is 24.3 Å². The zero-order chi connectivity index (χ0) is 12.7. The lowest BCUT2D eigenvalue weighted by atomic mass is 10.1. The Morgan fingerprint density at radius 2 is 1.94 bits per heavy atom. The zero-order valence-corrected chi connectivity index (χ0v) is 10.8. The van der Waals surface area contributed by atoms with E-state index in [1.165, 1.54) is 11.8 Å². The molecule has 0 unspecified atom stereocenters. The smallest absolute Gasteiger partial charge is 0.319 e. The third-order valence-electron chi connectivity index (χ3n) is 2.36. The first-order valence-corrected chi connectivity index (χ1v) is 6.75. The van der Waals surface area contributed by atoms with Crippen LogP contribution in [0.15, 0.2) is 30.3 Å². The Bertz CT molecular complexity index is 372. The van der Waals surface area contributed by atoms with Crippen LogP contribution < -0.4 is 0 Å². The number of ether oxygens (including phenoxy) is 1. The number of benzene rings is 1. The molecular weight excluding hydrogens is 236 g/mol. The largest absolute Gasteiger partial charge is 0.456 e. The van der Waals surface area contributed by atoms with E-state index in [0.717, 1.165) is 0 Å². The first-order chi connectivity index (χ1) is 8.19. The van der Waals surface area contributed by atoms with Gasteiger partial charge in [0.15, 0.2) is 12.4 Å². The van der Waals surface area contributed by atoms with E-state index in [-0.39, 0.29) is 23.6 Å². The molecule has 0 fully saturated rings. The number of carbonyl (C=O) groups excluding carboxylic acids is 2. The molecule has 0 saturated carbocycles. The number of ketones is 1. The van der Waals surface area contributed by atoms with Crippen molar-refractivity contribution in [3.05, 3.63) is 35.9 Å². The van der Waals surface area contributed by atoms with Crippen molar-refractivity contribution in [2.75, 3.05) is 12.9 Å². The molecule has 1 rings (SSSR count). The van der Waals surface area contributed by atoms with Crippen molar-refractivity contribution in [1.29, 1.82) is 0 Å². The molecule has 0 heterocycles. The SMILES string of the molecule is CC[C@H](SC)C(=O)OCC(=O)c1ccccc1. The molecule has 0 bridgehead atoms. The van der Waals surface area contributed by atoms with Gasteiger partial charge in [-0.05, 0) is 12.7 Å². The van der Waals surface area contributed by atoms with Crippen LogP contribution in [0, 0.1) is 0 Å². The van der Waals surface area contributed by atoms with Gasteiger partial charge < -0.3 is 4.74 Å². The minimum atomic E-state index is -0.315. The number of Topliss-reactive ketones (excluding diaryl/α,β-unsaturated/α-hetero) is 1. The van der Waals surface area contributed by atoms with Crippen LogP contribution in [0.1, 0.15) is 23.7 Å². The number of carbonyl (C=O) groups is 2. The maximum absolute atomic E-state index is 11.7. The van der Waals surface area contributed by atoms with E-state index < -0.39 is 0 Å². The fourth-order valence-corrected chi connectivity index (χ4v) is 1.96. The van der Waals surface area contributed by atoms with Crippen molar-refractivity contribution in [3.63, 3.8) is 0 Å². The second kappa shape index (κ2) is 7.12. The maximum Gasteiger partial charge on any atom is 0.319 e. The van der Waals surface area contributed by atoms with Gasteiger partial charge in [-0.3, -0.25) is 9.59 Å². The second-order valence-electron chi connectivity index (χ2n) is 3.53. The topological polar surface area (TPSA) is 43.4 Å². The Hall–Kier alpha value is -1.29. The molecule has 0 aliphatic heterocycles. The van der Waals surface area contributed by atoms with Crippen LogP contribution in [0.5, 0.6) is 0 Å². The Morgan fingerprint density at radius 1 is 1.29 bits per heavy atom. The highest BCUT2D eigenvalue weighted by Gasteiger charge is 2.17. The third-order valence-corrected chi connectivity index (χ3v) is 3.45. The molecule has 0 aliphatic carbocycles. The molecule has 0 saturated heterocycles. The first-order valence-electron chi connectivity index (χ1n) is 5.46. The Morgan fingerprint density at radius 3 is 2.47 bits per heavy atom. The van der Waals surface area contributed by atoms with Crippen LogP contribution in [0.4, 0.5) is 0 Å². The molecule has 3 nitrogen and oxygen atoms in total. The Kier molecular flexibility index (Phi) is 5.77. The van der Waals surface area contributed by atoms with Gasteiger partial charge in [0.25, 0.3) is 0 Å². The predicted molar refractivity (Wildman–Crippen MR) is 69.3 cm³/mol. The molecule has 0 amide bonds. The van der Waals surface area contributed by atoms with Crippen molar-refractivity contribution in [3.8, 4) is 0 Å². The fourth-order valence-electron chi connectivity index (χ4n) is 1.37. The van der Waals surface area contributed by atoms with E-state index in [0.29, 0.717) is 12.0 Å². The summed E-state index contributed by atoms with van der Waals surface area (Å²) < 4.78 is 4.99. The van der Waals surface area contributed by atoms with Gasteiger partial charge in [0.2, 0.25) is 0 Å². The quantitative estimate of drug-likeness (QED) is 0.576. The Labute approximate surface area is 106 Å². The molecule has 0 aliphatic rings. The summed E-state index contributed by atoms with van der Waals surface area (Å²) in [5.74, 6) is -0.487. The van der Waals surface area contributed by atoms with Gasteiger partial charge in [-0.25, -0.2) is 0 Å². The van der Waals surface area contributed by atoms with Gasteiger partial charge >= 0.3 is 5.97 Å². The molecule has 4 heteroatoms. The van der Waals surface area contributed by atoms with Crippen molar-refractivity contribution in [2.24, 2.45) is 0 Å². The summed E-state index contributed by atoms with van der Waals surface area (Å²) in [6.45, 7) is 1.74. The second-order valence-corrected chi connectivity index (χ2v) is 4.57. The van der Waals surface area contributed by atoms with Crippen molar-refractivity contribution >= 4 is 23.5 Å². The van der Waals surface area contributed by atoms with E-state index in [2.05, 4.69) is 0 Å². The van der Waals surface area contributed by atoms with Gasteiger partial charge in [0, 0.05) is 5.56 Å². The summed E-state index contributed by atoms with van der Waals surface area (Å²) >= 11 is 1.44. The molecule has 0 spiro atoms. The van der Waals surface area contributed by atoms with Crippen LogP contribution in [-0.2, 0) is 9.53 Å². The molecule has 1 aromatic carbocycles. The number of esters is 1. The van der Waals surface area contributed by atoms with Crippen LogP contribution in [0.3, 0.4) is 0 Å². The van der Waals surface area contributed by atoms with E-state index in [1.807, 2.05) is 19.2 Å². The average molecular weight is 252 g/mol. The van der Waals surface area contributed by atoms with E-state index in [9.17, 15) is 9.59 Å². The highest BCUT2D eigenvalue weighted by molar-refractivity contribution is 7.99. The van der Waals surface area contributed by atoms with Gasteiger partial charge in [-0.1, -0.05) is 37.3 Å². The van der Waals surface area contributed by atoms with Gasteiger partial charge in [0.1, 0.15) is 5.25 Å². The van der Waals surface area contributed by atoms with Gasteiger partial charge in [-0.2, -0.15) is 11.8 Å². The normalized spacial score (nSPS) is 11.9. The highest BCUT2D eigenvalue weighted by atomic mass is 32.2. The Balaban J connectivity index is 2.46. The summed E-state index contributed by atoms with van der Waals surface area (Å²) in [6, 6.07) is 8.82. The maximum atomic E-state index is 11.7. The number of rotatable bonds is 6. The molecule has 0 aromatic heterocycles. The fraction of sp³-hybridized carbons (Fsp3) is 0.385. The summed E-state index contributed by atoms with van der Waals surface area (Å²) in [4.78, 5) is 23.2. The number of hydrogen-bond acceptors (Lipinski definition) is 4. The van der Waals surface area contributed by atoms with Crippen molar-refractivity contribution < 1.29 is 14.3 Å². The minimum Gasteiger partial charge on any atom is -0.456 e. The monoisotopic (exact) mass is 252 g/mol. The number of hydrogen-bond donors (Lipinski definition) is 0. The third kappa shape index (κ3) is 4.23. The summed E-state index contributed by atoms with van der Waals surface area (Å²) in [7, 11) is 0. The molecule has 0 N–H and O–H groups in total. The van der Waals surface area contributed by atoms with Crippen LogP contribution >= 0.6 is 11.8 Å². The summed E-state index contributed by atoms with van der Waals surface area (Å²) in [6.07, 6.45) is 2.56. The number of thioether (sulfide) groups is 1. The molecule has 92 valence electrons. The molecule has 1 atom stereocenters. The van der Waals surface area contributed by atoms with Gasteiger partial charge in [-0.15, -0.1) is 0 Å². The predicted octanol–water partition coefficient (Wildman–Crippen LogP) is 2.55. The van der Waals surface area contributed by atoms with Crippen LogP contribution in [0.25, 0.3) is 0 Å². The zero-order valence-electron chi connectivity index (χ0n) is 10.0. The minimum absolute atomic E-state index is 0.171. The van der Waals surface area contributed by atoms with E-state index in [4.69, 9.17) is 4.74 Å². The summed E-state index contributed by atoms with van der Waals surface area (Å²) in [5.41, 5.74) is 0.567. The standard InChI is InChI=1S/C13H16O3S/c1-3-12(17-2)13(15)16-9-11(14)10-7-5-4-6-8-10/h4-8,12H,3,9H2,1-2H3/t12-/m0/s1. The average Bonchev–Trinajstić information content (AvgIpc) is 2.38. The summed E-state index contributed by atoms with van der Waals surface area (Å²) in [5, 5.41) is -0.182. The van der Waals surface area contributed by atoms with Crippen LogP contribution in [0.2, 0.25) is 0 Å². The van der Waals surface area contributed by atoms with E-state index >= 15 is 0 Å².